The molecule has 2 fully saturated rings. The van der Waals surface area contributed by atoms with Gasteiger partial charge in [0, 0.05) is 25.4 Å². The minimum Gasteiger partial charge on any atom is -0.467 e. The van der Waals surface area contributed by atoms with Crippen molar-refractivity contribution < 1.29 is 14.3 Å². The average Bonchev–Trinajstić information content (AvgIpc) is 3.16. The molecule has 3 rings (SSSR count). The average molecular weight is 319 g/mol. The van der Waals surface area contributed by atoms with E-state index in [-0.39, 0.29) is 6.04 Å². The Hall–Kier alpha value is -1.29. The third kappa shape index (κ3) is 4.37. The van der Waals surface area contributed by atoms with Crippen molar-refractivity contribution in [2.75, 3.05) is 6.54 Å². The van der Waals surface area contributed by atoms with E-state index in [1.165, 1.54) is 38.5 Å². The largest absolute Gasteiger partial charge is 0.467 e. The lowest BCUT2D eigenvalue weighted by molar-refractivity contribution is -0.133. The predicted octanol–water partition coefficient (Wildman–Crippen LogP) is 4.05. The fourth-order valence-corrected chi connectivity index (χ4v) is 4.20. The van der Waals surface area contributed by atoms with Gasteiger partial charge >= 0.3 is 0 Å². The zero-order valence-corrected chi connectivity index (χ0v) is 14.0. The number of aliphatic hydroxyl groups is 1. The van der Waals surface area contributed by atoms with Crippen molar-refractivity contribution in [3.63, 3.8) is 0 Å². The number of carbonyl (C=O) groups excluding carboxylic acids is 1. The number of amides is 1. The number of aliphatic hydroxyl groups excluding tert-OH is 1. The van der Waals surface area contributed by atoms with Crippen LogP contribution in [-0.4, -0.2) is 28.5 Å². The van der Waals surface area contributed by atoms with Gasteiger partial charge in [-0.05, 0) is 43.7 Å². The zero-order chi connectivity index (χ0) is 16.1. The topological polar surface area (TPSA) is 53.7 Å². The number of likely N-dealkylation sites (tertiary alicyclic amines) is 1. The minimum absolute atomic E-state index is 0.161. The molecule has 1 N–H and O–H groups in total. The van der Waals surface area contributed by atoms with E-state index >= 15 is 0 Å². The summed E-state index contributed by atoms with van der Waals surface area (Å²) in [6.45, 7) is 0.848. The van der Waals surface area contributed by atoms with Crippen LogP contribution in [0.3, 0.4) is 0 Å². The van der Waals surface area contributed by atoms with E-state index in [1.807, 2.05) is 4.90 Å². The molecule has 0 radical (unpaired) electrons. The summed E-state index contributed by atoms with van der Waals surface area (Å²) in [5.74, 6) is 1.47. The Morgan fingerprint density at radius 3 is 2.70 bits per heavy atom. The summed E-state index contributed by atoms with van der Waals surface area (Å²) in [6.07, 6.45) is 11.9. The molecular formula is C19H29NO3. The smallest absolute Gasteiger partial charge is 0.223 e. The number of rotatable bonds is 5. The fourth-order valence-electron chi connectivity index (χ4n) is 4.20. The van der Waals surface area contributed by atoms with E-state index in [0.29, 0.717) is 30.4 Å². The summed E-state index contributed by atoms with van der Waals surface area (Å²) >= 11 is 0. The van der Waals surface area contributed by atoms with Crippen LogP contribution in [0.2, 0.25) is 0 Å². The van der Waals surface area contributed by atoms with Gasteiger partial charge in [-0.1, -0.05) is 25.7 Å². The van der Waals surface area contributed by atoms with Crippen LogP contribution in [-0.2, 0) is 4.79 Å². The maximum Gasteiger partial charge on any atom is 0.223 e. The molecule has 2 unspecified atom stereocenters. The van der Waals surface area contributed by atoms with E-state index in [1.54, 1.807) is 18.4 Å². The fraction of sp³-hybridized carbons (Fsp3) is 0.737. The maximum atomic E-state index is 12.7. The molecule has 1 aromatic rings. The third-order valence-corrected chi connectivity index (χ3v) is 5.50. The first-order valence-corrected chi connectivity index (χ1v) is 9.25. The molecule has 1 amide bonds. The van der Waals surface area contributed by atoms with Crippen LogP contribution in [0.4, 0.5) is 0 Å². The highest BCUT2D eigenvalue weighted by Gasteiger charge is 2.32. The second-order valence-corrected chi connectivity index (χ2v) is 7.21. The van der Waals surface area contributed by atoms with Gasteiger partial charge < -0.3 is 14.4 Å². The molecule has 1 saturated heterocycles. The highest BCUT2D eigenvalue weighted by Crippen LogP contribution is 2.31. The number of hydrogen-bond donors (Lipinski definition) is 1. The predicted molar refractivity (Wildman–Crippen MR) is 88.8 cm³/mol. The standard InChI is InChI=1S/C19H29NO3/c21-17(18-10-6-12-23-18)14-16-9-5-11-20(16)19(22)13-15-7-3-1-2-4-8-15/h6,10,12,15-17,21H,1-5,7-9,11,13-14H2. The van der Waals surface area contributed by atoms with Crippen LogP contribution in [0.15, 0.2) is 22.8 Å². The molecule has 0 bridgehead atoms. The molecule has 128 valence electrons. The van der Waals surface area contributed by atoms with E-state index in [9.17, 15) is 9.90 Å². The molecule has 4 nitrogen and oxygen atoms in total. The van der Waals surface area contributed by atoms with Crippen molar-refractivity contribution in [3.8, 4) is 0 Å². The number of nitrogens with zero attached hydrogens (tertiary/aromatic N) is 1. The van der Waals surface area contributed by atoms with Gasteiger partial charge in [0.2, 0.25) is 5.91 Å². The quantitative estimate of drug-likeness (QED) is 0.833. The van der Waals surface area contributed by atoms with Crippen molar-refractivity contribution in [2.24, 2.45) is 5.92 Å². The van der Waals surface area contributed by atoms with Crippen LogP contribution in [0.5, 0.6) is 0 Å². The molecule has 4 heteroatoms. The first-order valence-electron chi connectivity index (χ1n) is 9.25. The van der Waals surface area contributed by atoms with Gasteiger partial charge in [0.15, 0.2) is 0 Å². The van der Waals surface area contributed by atoms with Crippen LogP contribution in [0, 0.1) is 5.92 Å². The molecule has 1 saturated carbocycles. The van der Waals surface area contributed by atoms with Crippen molar-refractivity contribution in [1.82, 2.24) is 4.90 Å². The normalized spacial score (nSPS) is 24.6. The lowest BCUT2D eigenvalue weighted by Crippen LogP contribution is -2.37. The summed E-state index contributed by atoms with van der Waals surface area (Å²) < 4.78 is 5.28. The molecular weight excluding hydrogens is 290 g/mol. The van der Waals surface area contributed by atoms with Gasteiger partial charge in [-0.15, -0.1) is 0 Å². The highest BCUT2D eigenvalue weighted by atomic mass is 16.4. The highest BCUT2D eigenvalue weighted by molar-refractivity contribution is 5.77. The van der Waals surface area contributed by atoms with Crippen LogP contribution in [0.25, 0.3) is 0 Å². The van der Waals surface area contributed by atoms with Crippen LogP contribution >= 0.6 is 0 Å². The van der Waals surface area contributed by atoms with E-state index in [2.05, 4.69) is 0 Å². The Kier molecular flexibility index (Phi) is 5.76. The molecule has 1 aliphatic heterocycles. The first-order chi connectivity index (χ1) is 11.2. The van der Waals surface area contributed by atoms with Crippen LogP contribution in [0.1, 0.15) is 76.1 Å². The van der Waals surface area contributed by atoms with Gasteiger partial charge in [0.1, 0.15) is 11.9 Å². The summed E-state index contributed by atoms with van der Waals surface area (Å²) in [7, 11) is 0. The number of hydrogen-bond acceptors (Lipinski definition) is 3. The van der Waals surface area contributed by atoms with E-state index in [4.69, 9.17) is 4.42 Å². The van der Waals surface area contributed by atoms with Gasteiger partial charge in [-0.25, -0.2) is 0 Å². The molecule has 0 spiro atoms. The van der Waals surface area contributed by atoms with Crippen molar-refractivity contribution in [2.45, 2.75) is 76.4 Å². The Bertz CT molecular complexity index is 477. The Morgan fingerprint density at radius 2 is 2.00 bits per heavy atom. The second-order valence-electron chi connectivity index (χ2n) is 7.21. The zero-order valence-electron chi connectivity index (χ0n) is 14.0. The van der Waals surface area contributed by atoms with E-state index in [0.717, 1.165) is 19.4 Å². The summed E-state index contributed by atoms with van der Waals surface area (Å²) in [5.41, 5.74) is 0. The van der Waals surface area contributed by atoms with E-state index < -0.39 is 6.10 Å². The van der Waals surface area contributed by atoms with Gasteiger partial charge in [0.25, 0.3) is 0 Å². The molecule has 1 aliphatic carbocycles. The molecule has 2 atom stereocenters. The van der Waals surface area contributed by atoms with Crippen molar-refractivity contribution >= 4 is 5.91 Å². The van der Waals surface area contributed by atoms with Crippen molar-refractivity contribution in [1.29, 1.82) is 0 Å². The van der Waals surface area contributed by atoms with Crippen LogP contribution < -0.4 is 0 Å². The Labute approximate surface area is 138 Å². The SMILES string of the molecule is O=C(CC1CCCCCC1)N1CCCC1CC(O)c1ccco1. The molecule has 2 heterocycles. The Morgan fingerprint density at radius 1 is 1.22 bits per heavy atom. The minimum atomic E-state index is -0.610. The van der Waals surface area contributed by atoms with Gasteiger partial charge in [0.05, 0.1) is 6.26 Å². The van der Waals surface area contributed by atoms with Crippen molar-refractivity contribution in [3.05, 3.63) is 24.2 Å². The maximum absolute atomic E-state index is 12.7. The second kappa shape index (κ2) is 8.00. The number of furan rings is 1. The summed E-state index contributed by atoms with van der Waals surface area (Å²) in [5, 5.41) is 10.3. The summed E-state index contributed by atoms with van der Waals surface area (Å²) in [4.78, 5) is 14.7. The monoisotopic (exact) mass is 319 g/mol. The molecule has 0 aromatic carbocycles. The van der Waals surface area contributed by atoms with Gasteiger partial charge in [-0.3, -0.25) is 4.79 Å². The lowest BCUT2D eigenvalue weighted by atomic mass is 9.95. The first kappa shape index (κ1) is 16.6. The molecule has 23 heavy (non-hydrogen) atoms. The number of carbonyl (C=O) groups is 1. The lowest BCUT2D eigenvalue weighted by Gasteiger charge is -2.27. The summed E-state index contributed by atoms with van der Waals surface area (Å²) in [6, 6.07) is 3.76. The molecule has 2 aliphatic rings. The van der Waals surface area contributed by atoms with Gasteiger partial charge in [-0.2, -0.15) is 0 Å². The molecule has 1 aromatic heterocycles. The Balaban J connectivity index is 1.54. The third-order valence-electron chi connectivity index (χ3n) is 5.50.